The number of hydrogen-bond donors (Lipinski definition) is 1. The van der Waals surface area contributed by atoms with Gasteiger partial charge in [0.1, 0.15) is 0 Å². The Hall–Kier alpha value is -1.88. The number of hydrogen-bond acceptors (Lipinski definition) is 4. The molecule has 5 heteroatoms. The number of nitrogens with zero attached hydrogens (tertiary/aromatic N) is 3. The summed E-state index contributed by atoms with van der Waals surface area (Å²) in [5, 5.41) is 3.40. The lowest BCUT2D eigenvalue weighted by Gasteiger charge is -2.13. The number of pyridine rings is 1. The first-order valence-electron chi connectivity index (χ1n) is 6.56. The van der Waals surface area contributed by atoms with Gasteiger partial charge in [-0.1, -0.05) is 0 Å². The van der Waals surface area contributed by atoms with Crippen LogP contribution in [0, 0.1) is 0 Å². The van der Waals surface area contributed by atoms with Gasteiger partial charge < -0.3 is 14.6 Å². The number of rotatable bonds is 4. The van der Waals surface area contributed by atoms with E-state index in [9.17, 15) is 0 Å². The molecule has 1 N–H and O–H groups in total. The third-order valence-corrected chi connectivity index (χ3v) is 3.58. The molecule has 0 aliphatic carbocycles. The van der Waals surface area contributed by atoms with Gasteiger partial charge in [-0.05, 0) is 24.6 Å². The summed E-state index contributed by atoms with van der Waals surface area (Å²) in [4.78, 5) is 8.42. The molecule has 100 valence electrons. The lowest BCUT2D eigenvalue weighted by molar-refractivity contribution is 0.397. The third kappa shape index (κ3) is 2.61. The van der Waals surface area contributed by atoms with Crippen molar-refractivity contribution < 1.29 is 4.74 Å². The first-order chi connectivity index (χ1) is 9.36. The normalized spacial score (nSPS) is 18.7. The topological polar surface area (TPSA) is 52.0 Å². The van der Waals surface area contributed by atoms with Crippen molar-refractivity contribution in [3.05, 3.63) is 42.1 Å². The zero-order chi connectivity index (χ0) is 13.1. The van der Waals surface area contributed by atoms with E-state index in [-0.39, 0.29) is 0 Å². The van der Waals surface area contributed by atoms with Crippen LogP contribution in [0.5, 0.6) is 5.88 Å². The van der Waals surface area contributed by atoms with Crippen LogP contribution in [0.2, 0.25) is 0 Å². The summed E-state index contributed by atoms with van der Waals surface area (Å²) >= 11 is 0. The van der Waals surface area contributed by atoms with Gasteiger partial charge in [0.2, 0.25) is 5.88 Å². The molecule has 0 bridgehead atoms. The summed E-state index contributed by atoms with van der Waals surface area (Å²) in [6, 6.07) is 3.98. The van der Waals surface area contributed by atoms with Crippen LogP contribution < -0.4 is 10.1 Å². The Labute approximate surface area is 112 Å². The molecule has 2 aromatic rings. The number of aromatic nitrogens is 3. The van der Waals surface area contributed by atoms with Gasteiger partial charge in [0, 0.05) is 43.2 Å². The Kier molecular flexibility index (Phi) is 3.46. The van der Waals surface area contributed by atoms with Gasteiger partial charge >= 0.3 is 0 Å². The van der Waals surface area contributed by atoms with Gasteiger partial charge in [0.25, 0.3) is 0 Å². The van der Waals surface area contributed by atoms with Gasteiger partial charge in [-0.2, -0.15) is 0 Å². The predicted octanol–water partition coefficient (Wildman–Crippen LogP) is 1.41. The average Bonchev–Trinajstić information content (AvgIpc) is 3.09. The molecule has 2 aromatic heterocycles. The first-order valence-corrected chi connectivity index (χ1v) is 6.56. The van der Waals surface area contributed by atoms with Crippen molar-refractivity contribution in [1.82, 2.24) is 19.9 Å². The van der Waals surface area contributed by atoms with Crippen molar-refractivity contribution in [3.63, 3.8) is 0 Å². The quantitative estimate of drug-likeness (QED) is 0.901. The van der Waals surface area contributed by atoms with E-state index in [0.29, 0.717) is 11.8 Å². The van der Waals surface area contributed by atoms with Crippen molar-refractivity contribution in [3.8, 4) is 5.88 Å². The molecule has 1 saturated heterocycles. The lowest BCUT2D eigenvalue weighted by Crippen LogP contribution is -2.12. The van der Waals surface area contributed by atoms with Crippen molar-refractivity contribution in [2.75, 3.05) is 20.2 Å². The van der Waals surface area contributed by atoms with E-state index in [0.717, 1.165) is 19.6 Å². The molecule has 1 atom stereocenters. The molecular weight excluding hydrogens is 240 g/mol. The highest BCUT2D eigenvalue weighted by atomic mass is 16.5. The fraction of sp³-hybridized carbons (Fsp3) is 0.429. The largest absolute Gasteiger partial charge is 0.481 e. The van der Waals surface area contributed by atoms with Gasteiger partial charge in [-0.3, -0.25) is 0 Å². The molecule has 0 radical (unpaired) electrons. The van der Waals surface area contributed by atoms with Crippen molar-refractivity contribution in [2.24, 2.45) is 0 Å². The van der Waals surface area contributed by atoms with Gasteiger partial charge in [-0.15, -0.1) is 0 Å². The van der Waals surface area contributed by atoms with Crippen molar-refractivity contribution >= 4 is 0 Å². The maximum Gasteiger partial charge on any atom is 0.213 e. The average molecular weight is 258 g/mol. The highest BCUT2D eigenvalue weighted by molar-refractivity contribution is 5.22. The van der Waals surface area contributed by atoms with Crippen LogP contribution >= 0.6 is 0 Å². The Balaban J connectivity index is 1.81. The number of imidazole rings is 1. The Morgan fingerprint density at radius 3 is 3.26 bits per heavy atom. The molecule has 3 heterocycles. The van der Waals surface area contributed by atoms with Crippen molar-refractivity contribution in [1.29, 1.82) is 0 Å². The summed E-state index contributed by atoms with van der Waals surface area (Å²) in [5.41, 5.74) is 2.48. The molecule has 1 unspecified atom stereocenters. The third-order valence-electron chi connectivity index (χ3n) is 3.58. The molecular formula is C14H18N4O. The second-order valence-electron chi connectivity index (χ2n) is 4.84. The van der Waals surface area contributed by atoms with E-state index in [1.807, 2.05) is 24.7 Å². The minimum absolute atomic E-state index is 0.575. The van der Waals surface area contributed by atoms with Crippen LogP contribution in [0.3, 0.4) is 0 Å². The fourth-order valence-corrected chi connectivity index (χ4v) is 2.57. The van der Waals surface area contributed by atoms with Gasteiger partial charge in [-0.25, -0.2) is 9.97 Å². The van der Waals surface area contributed by atoms with E-state index in [4.69, 9.17) is 4.74 Å². The molecule has 1 aliphatic rings. The highest BCUT2D eigenvalue weighted by Crippen LogP contribution is 2.22. The van der Waals surface area contributed by atoms with E-state index in [1.165, 1.54) is 17.7 Å². The number of nitrogens with one attached hydrogen (secondary N) is 1. The summed E-state index contributed by atoms with van der Waals surface area (Å²) in [7, 11) is 1.64. The summed E-state index contributed by atoms with van der Waals surface area (Å²) in [5.74, 6) is 1.23. The van der Waals surface area contributed by atoms with E-state index in [2.05, 4.69) is 19.9 Å². The van der Waals surface area contributed by atoms with E-state index in [1.54, 1.807) is 13.3 Å². The minimum Gasteiger partial charge on any atom is -0.481 e. The first kappa shape index (κ1) is 12.2. The summed E-state index contributed by atoms with van der Waals surface area (Å²) in [6.07, 6.45) is 6.85. The Morgan fingerprint density at radius 2 is 2.47 bits per heavy atom. The van der Waals surface area contributed by atoms with Gasteiger partial charge in [0.15, 0.2) is 0 Å². The van der Waals surface area contributed by atoms with Gasteiger partial charge in [0.05, 0.1) is 13.4 Å². The highest BCUT2D eigenvalue weighted by Gasteiger charge is 2.20. The second-order valence-corrected chi connectivity index (χ2v) is 4.84. The molecule has 0 aromatic carbocycles. The predicted molar refractivity (Wildman–Crippen MR) is 72.3 cm³/mol. The monoisotopic (exact) mass is 258 g/mol. The molecule has 3 rings (SSSR count). The molecule has 0 saturated carbocycles. The van der Waals surface area contributed by atoms with Crippen LogP contribution in [-0.2, 0) is 6.54 Å². The minimum atomic E-state index is 0.575. The molecule has 1 aliphatic heterocycles. The second kappa shape index (κ2) is 5.40. The molecule has 5 nitrogen and oxygen atoms in total. The zero-order valence-corrected chi connectivity index (χ0v) is 11.0. The summed E-state index contributed by atoms with van der Waals surface area (Å²) in [6.45, 7) is 2.95. The van der Waals surface area contributed by atoms with Crippen LogP contribution in [0.4, 0.5) is 0 Å². The van der Waals surface area contributed by atoms with Crippen LogP contribution in [0.15, 0.2) is 30.9 Å². The van der Waals surface area contributed by atoms with Crippen LogP contribution in [0.1, 0.15) is 23.6 Å². The maximum atomic E-state index is 5.16. The Morgan fingerprint density at radius 1 is 1.53 bits per heavy atom. The number of ether oxygens (including phenoxy) is 1. The van der Waals surface area contributed by atoms with Crippen molar-refractivity contribution in [2.45, 2.75) is 18.9 Å². The fourth-order valence-electron chi connectivity index (χ4n) is 2.57. The standard InChI is InChI=1S/C14H18N4O/c1-19-14-6-11(2-5-17-14)9-18-10-16-8-13(18)12-3-4-15-7-12/h2,5-6,8,10,12,15H,3-4,7,9H2,1H3. The molecule has 0 spiro atoms. The lowest BCUT2D eigenvalue weighted by atomic mass is 10.1. The Bertz CT molecular complexity index is 546. The molecule has 0 amide bonds. The van der Waals surface area contributed by atoms with E-state index < -0.39 is 0 Å². The zero-order valence-electron chi connectivity index (χ0n) is 11.0. The summed E-state index contributed by atoms with van der Waals surface area (Å²) < 4.78 is 7.37. The van der Waals surface area contributed by atoms with E-state index >= 15 is 0 Å². The van der Waals surface area contributed by atoms with Crippen LogP contribution in [-0.4, -0.2) is 34.7 Å². The molecule has 1 fully saturated rings. The van der Waals surface area contributed by atoms with Crippen LogP contribution in [0.25, 0.3) is 0 Å². The molecule has 19 heavy (non-hydrogen) atoms. The number of methoxy groups -OCH3 is 1. The smallest absolute Gasteiger partial charge is 0.213 e. The SMILES string of the molecule is COc1cc(Cn2cncc2C2CCNC2)ccn1. The maximum absolute atomic E-state index is 5.16.